The molecule has 3 N–H and O–H groups in total. The van der Waals surface area contributed by atoms with E-state index in [0.29, 0.717) is 5.70 Å². The van der Waals surface area contributed by atoms with E-state index < -0.39 is 0 Å². The van der Waals surface area contributed by atoms with Crippen molar-refractivity contribution in [2.24, 2.45) is 5.73 Å². The molecule has 0 saturated carbocycles. The highest BCUT2D eigenvalue weighted by atomic mass is 35.5. The molecule has 9 heavy (non-hydrogen) atoms. The SMILES string of the molecule is COC(=N)C=C(C)N.Cl. The maximum atomic E-state index is 6.89. The molecule has 0 heterocycles. The van der Waals surface area contributed by atoms with Gasteiger partial charge < -0.3 is 10.5 Å². The predicted molar refractivity (Wildman–Crippen MR) is 39.9 cm³/mol. The van der Waals surface area contributed by atoms with Gasteiger partial charge in [-0.1, -0.05) is 0 Å². The zero-order chi connectivity index (χ0) is 6.57. The molecule has 0 amide bonds. The fraction of sp³-hybridized carbons (Fsp3) is 0.400. The summed E-state index contributed by atoms with van der Waals surface area (Å²) < 4.78 is 4.49. The smallest absolute Gasteiger partial charge is 0.207 e. The first-order valence-electron chi connectivity index (χ1n) is 2.23. The van der Waals surface area contributed by atoms with E-state index >= 15 is 0 Å². The Labute approximate surface area is 60.8 Å². The fourth-order valence-corrected chi connectivity index (χ4v) is 0.266. The number of nitrogens with two attached hydrogens (primary N) is 1. The van der Waals surface area contributed by atoms with Gasteiger partial charge in [-0.3, -0.25) is 5.41 Å². The number of halogens is 1. The lowest BCUT2D eigenvalue weighted by molar-refractivity contribution is 0.403. The van der Waals surface area contributed by atoms with E-state index in [1.54, 1.807) is 6.92 Å². The summed E-state index contributed by atoms with van der Waals surface area (Å²) in [6.07, 6.45) is 1.44. The number of rotatable bonds is 1. The Morgan fingerprint density at radius 2 is 2.11 bits per heavy atom. The van der Waals surface area contributed by atoms with E-state index in [1.165, 1.54) is 13.2 Å². The molecule has 54 valence electrons. The fourth-order valence-electron chi connectivity index (χ4n) is 0.266. The first-order valence-corrected chi connectivity index (χ1v) is 2.23. The van der Waals surface area contributed by atoms with Gasteiger partial charge in [0.1, 0.15) is 0 Å². The molecular formula is C5H11ClN2O. The monoisotopic (exact) mass is 150 g/mol. The number of ether oxygens (including phenoxy) is 1. The molecule has 0 spiro atoms. The predicted octanol–water partition coefficient (Wildman–Crippen LogP) is 0.894. The van der Waals surface area contributed by atoms with E-state index in [2.05, 4.69) is 4.74 Å². The molecule has 0 rings (SSSR count). The molecular weight excluding hydrogens is 140 g/mol. The van der Waals surface area contributed by atoms with Gasteiger partial charge in [-0.05, 0) is 6.92 Å². The van der Waals surface area contributed by atoms with Gasteiger partial charge in [0.25, 0.3) is 0 Å². The van der Waals surface area contributed by atoms with Crippen molar-refractivity contribution >= 4 is 18.3 Å². The first kappa shape index (κ1) is 11.1. The van der Waals surface area contributed by atoms with Crippen LogP contribution in [0.25, 0.3) is 0 Å². The lowest BCUT2D eigenvalue weighted by atomic mass is 10.4. The number of methoxy groups -OCH3 is 1. The molecule has 0 aliphatic heterocycles. The molecule has 0 bridgehead atoms. The van der Waals surface area contributed by atoms with Crippen LogP contribution < -0.4 is 5.73 Å². The first-order chi connectivity index (χ1) is 3.66. The van der Waals surface area contributed by atoms with E-state index in [4.69, 9.17) is 11.1 Å². The van der Waals surface area contributed by atoms with Crippen LogP contribution >= 0.6 is 12.4 Å². The molecule has 0 atom stereocenters. The third-order valence-corrected chi connectivity index (χ3v) is 0.579. The van der Waals surface area contributed by atoms with Crippen LogP contribution in [0.2, 0.25) is 0 Å². The lowest BCUT2D eigenvalue weighted by Gasteiger charge is -1.93. The van der Waals surface area contributed by atoms with Crippen molar-refractivity contribution in [3.63, 3.8) is 0 Å². The summed E-state index contributed by atoms with van der Waals surface area (Å²) in [5.74, 6) is 0.0880. The van der Waals surface area contributed by atoms with Gasteiger partial charge in [0.2, 0.25) is 5.90 Å². The van der Waals surface area contributed by atoms with Gasteiger partial charge in [0, 0.05) is 11.8 Å². The van der Waals surface area contributed by atoms with Crippen LogP contribution in [0.1, 0.15) is 6.92 Å². The molecule has 0 fully saturated rings. The molecule has 0 radical (unpaired) electrons. The standard InChI is InChI=1S/C5H10N2O.ClH/c1-4(6)3-5(7)8-2;/h3,7H,6H2,1-2H3;1H. The Morgan fingerprint density at radius 1 is 1.67 bits per heavy atom. The highest BCUT2D eigenvalue weighted by molar-refractivity contribution is 5.85. The summed E-state index contributed by atoms with van der Waals surface area (Å²) in [4.78, 5) is 0. The summed E-state index contributed by atoms with van der Waals surface area (Å²) >= 11 is 0. The molecule has 3 nitrogen and oxygen atoms in total. The van der Waals surface area contributed by atoms with Crippen LogP contribution in [0, 0.1) is 5.41 Å². The van der Waals surface area contributed by atoms with Crippen LogP contribution in [0.5, 0.6) is 0 Å². The van der Waals surface area contributed by atoms with E-state index in [9.17, 15) is 0 Å². The number of hydrogen-bond donors (Lipinski definition) is 2. The highest BCUT2D eigenvalue weighted by Gasteiger charge is 1.84. The van der Waals surface area contributed by atoms with Crippen molar-refractivity contribution in [2.45, 2.75) is 6.92 Å². The van der Waals surface area contributed by atoms with Gasteiger partial charge in [0.05, 0.1) is 7.11 Å². The lowest BCUT2D eigenvalue weighted by Crippen LogP contribution is -1.99. The summed E-state index contributed by atoms with van der Waals surface area (Å²) in [7, 11) is 1.43. The largest absolute Gasteiger partial charge is 0.481 e. The average Bonchev–Trinajstić information content (AvgIpc) is 1.65. The van der Waals surface area contributed by atoms with Crippen LogP contribution in [0.4, 0.5) is 0 Å². The Kier molecular flexibility index (Phi) is 6.73. The number of nitrogens with one attached hydrogen (secondary N) is 1. The van der Waals surface area contributed by atoms with E-state index in [-0.39, 0.29) is 18.3 Å². The quantitative estimate of drug-likeness (QED) is 0.431. The Morgan fingerprint density at radius 3 is 2.22 bits per heavy atom. The normalized spacial score (nSPS) is 9.78. The van der Waals surface area contributed by atoms with Crippen molar-refractivity contribution in [3.8, 4) is 0 Å². The van der Waals surface area contributed by atoms with Gasteiger partial charge in [-0.25, -0.2) is 0 Å². The highest BCUT2D eigenvalue weighted by Crippen LogP contribution is 1.81. The molecule has 0 aromatic carbocycles. The number of hydrogen-bond acceptors (Lipinski definition) is 3. The van der Waals surface area contributed by atoms with Gasteiger partial charge in [-0.15, -0.1) is 12.4 Å². The van der Waals surface area contributed by atoms with Gasteiger partial charge in [0.15, 0.2) is 0 Å². The van der Waals surface area contributed by atoms with Gasteiger partial charge >= 0.3 is 0 Å². The van der Waals surface area contributed by atoms with Crippen molar-refractivity contribution in [3.05, 3.63) is 11.8 Å². The van der Waals surface area contributed by atoms with Crippen molar-refractivity contribution in [1.82, 2.24) is 0 Å². The van der Waals surface area contributed by atoms with Crippen LogP contribution in [0.15, 0.2) is 11.8 Å². The zero-order valence-corrected chi connectivity index (χ0v) is 6.29. The van der Waals surface area contributed by atoms with E-state index in [0.717, 1.165) is 0 Å². The minimum atomic E-state index is 0. The molecule has 0 aromatic rings. The second-order valence-corrected chi connectivity index (χ2v) is 1.46. The third kappa shape index (κ3) is 7.30. The third-order valence-electron chi connectivity index (χ3n) is 0.579. The molecule has 4 heteroatoms. The summed E-state index contributed by atoms with van der Waals surface area (Å²) in [6, 6.07) is 0. The molecule has 0 unspecified atom stereocenters. The molecule has 0 aromatic heterocycles. The molecule has 0 aliphatic carbocycles. The summed E-state index contributed by atoms with van der Waals surface area (Å²) in [5, 5.41) is 6.89. The van der Waals surface area contributed by atoms with Crippen LogP contribution in [-0.2, 0) is 4.74 Å². The Hall–Kier alpha value is -0.700. The topological polar surface area (TPSA) is 59.1 Å². The second-order valence-electron chi connectivity index (χ2n) is 1.46. The number of allylic oxidation sites excluding steroid dienone is 1. The Balaban J connectivity index is 0. The van der Waals surface area contributed by atoms with Gasteiger partial charge in [-0.2, -0.15) is 0 Å². The zero-order valence-electron chi connectivity index (χ0n) is 5.47. The molecule has 0 aliphatic rings. The van der Waals surface area contributed by atoms with Crippen molar-refractivity contribution in [2.75, 3.05) is 7.11 Å². The maximum absolute atomic E-state index is 6.89. The van der Waals surface area contributed by atoms with Crippen molar-refractivity contribution < 1.29 is 4.74 Å². The maximum Gasteiger partial charge on any atom is 0.207 e. The van der Waals surface area contributed by atoms with Crippen molar-refractivity contribution in [1.29, 1.82) is 5.41 Å². The molecule has 0 saturated heterocycles. The van der Waals surface area contributed by atoms with E-state index in [1.807, 2.05) is 0 Å². The minimum absolute atomic E-state index is 0. The summed E-state index contributed by atoms with van der Waals surface area (Å²) in [5.41, 5.74) is 5.79. The second kappa shape index (κ2) is 5.44. The van der Waals surface area contributed by atoms with Crippen LogP contribution in [0.3, 0.4) is 0 Å². The minimum Gasteiger partial charge on any atom is -0.481 e. The Bertz CT molecular complexity index is 118. The summed E-state index contributed by atoms with van der Waals surface area (Å²) in [6.45, 7) is 1.70. The average molecular weight is 151 g/mol. The van der Waals surface area contributed by atoms with Crippen LogP contribution in [-0.4, -0.2) is 13.0 Å².